The van der Waals surface area contributed by atoms with E-state index < -0.39 is 0 Å². The SMILES string of the molecule is CC(C)C(C)Sc1ccc(-c2cccnc2)cc1. The van der Waals surface area contributed by atoms with E-state index in [1.54, 1.807) is 6.20 Å². The maximum Gasteiger partial charge on any atom is 0.0346 e. The smallest absolute Gasteiger partial charge is 0.0346 e. The summed E-state index contributed by atoms with van der Waals surface area (Å²) in [6, 6.07) is 12.8. The third-order valence-corrected chi connectivity index (χ3v) is 4.57. The molecule has 0 saturated carbocycles. The zero-order valence-corrected chi connectivity index (χ0v) is 11.9. The highest BCUT2D eigenvalue weighted by molar-refractivity contribution is 8.00. The van der Waals surface area contributed by atoms with E-state index in [0.717, 1.165) is 0 Å². The van der Waals surface area contributed by atoms with Crippen LogP contribution in [0.2, 0.25) is 0 Å². The van der Waals surface area contributed by atoms with Crippen molar-refractivity contribution < 1.29 is 0 Å². The first-order valence-corrected chi connectivity index (χ1v) is 7.22. The van der Waals surface area contributed by atoms with Crippen molar-refractivity contribution in [3.05, 3.63) is 48.8 Å². The van der Waals surface area contributed by atoms with Crippen molar-refractivity contribution >= 4 is 11.8 Å². The Labute approximate surface area is 114 Å². The second kappa shape index (κ2) is 6.05. The summed E-state index contributed by atoms with van der Waals surface area (Å²) >= 11 is 1.94. The fourth-order valence-corrected chi connectivity index (χ4v) is 2.60. The van der Waals surface area contributed by atoms with Crippen molar-refractivity contribution in [2.24, 2.45) is 5.92 Å². The molecule has 2 heteroatoms. The molecule has 1 heterocycles. The van der Waals surface area contributed by atoms with Crippen LogP contribution in [0.4, 0.5) is 0 Å². The Balaban J connectivity index is 2.11. The zero-order chi connectivity index (χ0) is 13.0. The van der Waals surface area contributed by atoms with E-state index in [4.69, 9.17) is 0 Å². The molecule has 2 aromatic rings. The van der Waals surface area contributed by atoms with Gasteiger partial charge in [-0.1, -0.05) is 39.0 Å². The van der Waals surface area contributed by atoms with Gasteiger partial charge < -0.3 is 0 Å². The van der Waals surface area contributed by atoms with Crippen LogP contribution in [-0.2, 0) is 0 Å². The minimum atomic E-state index is 0.647. The summed E-state index contributed by atoms with van der Waals surface area (Å²) in [6.45, 7) is 6.81. The topological polar surface area (TPSA) is 12.9 Å². The van der Waals surface area contributed by atoms with Crippen LogP contribution in [0.25, 0.3) is 11.1 Å². The minimum Gasteiger partial charge on any atom is -0.264 e. The van der Waals surface area contributed by atoms with Crippen molar-refractivity contribution in [3.8, 4) is 11.1 Å². The van der Waals surface area contributed by atoms with E-state index in [1.165, 1.54) is 16.0 Å². The van der Waals surface area contributed by atoms with Gasteiger partial charge in [0.25, 0.3) is 0 Å². The summed E-state index contributed by atoms with van der Waals surface area (Å²) in [5.74, 6) is 0.702. The van der Waals surface area contributed by atoms with Crippen molar-refractivity contribution in [1.29, 1.82) is 0 Å². The molecule has 0 saturated heterocycles. The third-order valence-electron chi connectivity index (χ3n) is 3.11. The molecule has 2 rings (SSSR count). The van der Waals surface area contributed by atoms with Crippen molar-refractivity contribution in [2.75, 3.05) is 0 Å². The molecule has 0 N–H and O–H groups in total. The number of nitrogens with zero attached hydrogens (tertiary/aromatic N) is 1. The maximum absolute atomic E-state index is 4.15. The average molecular weight is 257 g/mol. The highest BCUT2D eigenvalue weighted by Gasteiger charge is 2.08. The van der Waals surface area contributed by atoms with Crippen molar-refractivity contribution in [3.63, 3.8) is 0 Å². The van der Waals surface area contributed by atoms with E-state index in [-0.39, 0.29) is 0 Å². The van der Waals surface area contributed by atoms with Gasteiger partial charge in [0.05, 0.1) is 0 Å². The first-order valence-electron chi connectivity index (χ1n) is 6.34. The highest BCUT2D eigenvalue weighted by atomic mass is 32.2. The number of pyridine rings is 1. The van der Waals surface area contributed by atoms with Gasteiger partial charge in [0.1, 0.15) is 0 Å². The molecule has 0 fully saturated rings. The van der Waals surface area contributed by atoms with Gasteiger partial charge in [-0.2, -0.15) is 0 Å². The van der Waals surface area contributed by atoms with Gasteiger partial charge in [-0.25, -0.2) is 0 Å². The molecule has 0 bridgehead atoms. The molecular weight excluding hydrogens is 238 g/mol. The van der Waals surface area contributed by atoms with Crippen LogP contribution in [0.15, 0.2) is 53.7 Å². The molecule has 0 aliphatic rings. The average Bonchev–Trinajstić information content (AvgIpc) is 2.40. The van der Waals surface area contributed by atoms with E-state index >= 15 is 0 Å². The molecule has 0 radical (unpaired) electrons. The van der Waals surface area contributed by atoms with Crippen molar-refractivity contribution in [2.45, 2.75) is 30.9 Å². The molecule has 0 aliphatic heterocycles. The number of hydrogen-bond acceptors (Lipinski definition) is 2. The van der Waals surface area contributed by atoms with E-state index in [1.807, 2.05) is 24.0 Å². The first kappa shape index (κ1) is 13.2. The molecular formula is C16H19NS. The summed E-state index contributed by atoms with van der Waals surface area (Å²) in [7, 11) is 0. The molecule has 1 atom stereocenters. The second-order valence-electron chi connectivity index (χ2n) is 4.83. The van der Waals surface area contributed by atoms with Gasteiger partial charge in [-0.15, -0.1) is 11.8 Å². The van der Waals surface area contributed by atoms with Crippen LogP contribution in [0.5, 0.6) is 0 Å². The Hall–Kier alpha value is -1.28. The van der Waals surface area contributed by atoms with E-state index in [9.17, 15) is 0 Å². The Bertz CT molecular complexity index is 476. The largest absolute Gasteiger partial charge is 0.264 e. The molecule has 0 amide bonds. The third kappa shape index (κ3) is 3.36. The Morgan fingerprint density at radius 2 is 1.67 bits per heavy atom. The van der Waals surface area contributed by atoms with Crippen LogP contribution >= 0.6 is 11.8 Å². The standard InChI is InChI=1S/C16H19NS/c1-12(2)13(3)18-16-8-6-14(7-9-16)15-5-4-10-17-11-15/h4-13H,1-3H3. The molecule has 1 aromatic carbocycles. The summed E-state index contributed by atoms with van der Waals surface area (Å²) in [5, 5.41) is 0.647. The number of rotatable bonds is 4. The normalized spacial score (nSPS) is 12.7. The van der Waals surface area contributed by atoms with Crippen molar-refractivity contribution in [1.82, 2.24) is 4.98 Å². The highest BCUT2D eigenvalue weighted by Crippen LogP contribution is 2.29. The monoisotopic (exact) mass is 257 g/mol. The predicted molar refractivity (Wildman–Crippen MR) is 79.8 cm³/mol. The first-order chi connectivity index (χ1) is 8.66. The predicted octanol–water partition coefficient (Wildman–Crippen LogP) is 4.89. The Morgan fingerprint density at radius 3 is 2.22 bits per heavy atom. The lowest BCUT2D eigenvalue weighted by molar-refractivity contribution is 0.642. The Kier molecular flexibility index (Phi) is 4.43. The summed E-state index contributed by atoms with van der Waals surface area (Å²) < 4.78 is 0. The minimum absolute atomic E-state index is 0.647. The number of thioether (sulfide) groups is 1. The number of benzene rings is 1. The van der Waals surface area contributed by atoms with Gasteiger partial charge in [0, 0.05) is 22.5 Å². The van der Waals surface area contributed by atoms with Gasteiger partial charge in [-0.3, -0.25) is 4.98 Å². The molecule has 0 aliphatic carbocycles. The second-order valence-corrected chi connectivity index (χ2v) is 6.28. The Morgan fingerprint density at radius 1 is 0.944 bits per heavy atom. The lowest BCUT2D eigenvalue weighted by Crippen LogP contribution is -2.04. The van der Waals surface area contributed by atoms with Gasteiger partial charge >= 0.3 is 0 Å². The lowest BCUT2D eigenvalue weighted by Gasteiger charge is -2.15. The van der Waals surface area contributed by atoms with Gasteiger partial charge in [0.15, 0.2) is 0 Å². The van der Waals surface area contributed by atoms with Crippen LogP contribution in [0.1, 0.15) is 20.8 Å². The van der Waals surface area contributed by atoms with Crippen LogP contribution in [-0.4, -0.2) is 10.2 Å². The molecule has 1 aromatic heterocycles. The quantitative estimate of drug-likeness (QED) is 0.724. The lowest BCUT2D eigenvalue weighted by atomic mass is 10.1. The molecule has 94 valence electrons. The van der Waals surface area contributed by atoms with E-state index in [0.29, 0.717) is 11.2 Å². The summed E-state index contributed by atoms with van der Waals surface area (Å²) in [4.78, 5) is 5.49. The van der Waals surface area contributed by atoms with Gasteiger partial charge in [-0.05, 0) is 35.2 Å². The van der Waals surface area contributed by atoms with E-state index in [2.05, 4.69) is 56.1 Å². The molecule has 1 nitrogen and oxygen atoms in total. The fourth-order valence-electron chi connectivity index (χ4n) is 1.61. The zero-order valence-electron chi connectivity index (χ0n) is 11.1. The molecule has 0 spiro atoms. The number of aromatic nitrogens is 1. The maximum atomic E-state index is 4.15. The van der Waals surface area contributed by atoms with Crippen LogP contribution < -0.4 is 0 Å². The summed E-state index contributed by atoms with van der Waals surface area (Å²) in [5.41, 5.74) is 2.40. The summed E-state index contributed by atoms with van der Waals surface area (Å²) in [6.07, 6.45) is 3.71. The molecule has 1 unspecified atom stereocenters. The fraction of sp³-hybridized carbons (Fsp3) is 0.312. The van der Waals surface area contributed by atoms with Crippen LogP contribution in [0.3, 0.4) is 0 Å². The molecule has 18 heavy (non-hydrogen) atoms. The number of hydrogen-bond donors (Lipinski definition) is 0. The van der Waals surface area contributed by atoms with Gasteiger partial charge in [0.2, 0.25) is 0 Å². The van der Waals surface area contributed by atoms with Crippen LogP contribution in [0, 0.1) is 5.92 Å².